The second kappa shape index (κ2) is 9.15. The summed E-state index contributed by atoms with van der Waals surface area (Å²) in [5.74, 6) is -0.952. The van der Waals surface area contributed by atoms with Crippen molar-refractivity contribution in [3.63, 3.8) is 0 Å². The van der Waals surface area contributed by atoms with Gasteiger partial charge < -0.3 is 15.2 Å². The van der Waals surface area contributed by atoms with Crippen molar-refractivity contribution in [3.05, 3.63) is 87.8 Å². The van der Waals surface area contributed by atoms with E-state index in [0.29, 0.717) is 5.69 Å². The van der Waals surface area contributed by atoms with Crippen molar-refractivity contribution in [2.24, 2.45) is 0 Å². The van der Waals surface area contributed by atoms with Crippen molar-refractivity contribution in [3.8, 4) is 0 Å². The fraction of sp³-hybridized carbons (Fsp3) is 0.0952. The second-order valence-corrected chi connectivity index (χ2v) is 9.09. The van der Waals surface area contributed by atoms with Crippen LogP contribution in [0.1, 0.15) is 10.4 Å². The van der Waals surface area contributed by atoms with Crippen molar-refractivity contribution in [1.29, 1.82) is 0 Å². The number of amides is 2. The first-order valence-corrected chi connectivity index (χ1v) is 11.3. The third kappa shape index (κ3) is 5.80. The number of carbonyl (C=O) groups is 2. The molecule has 0 radical (unpaired) electrons. The third-order valence-corrected chi connectivity index (χ3v) is 5.66. The molecule has 31 heavy (non-hydrogen) atoms. The number of nitrogens with zero attached hydrogens (tertiary/aromatic N) is 1. The van der Waals surface area contributed by atoms with Crippen molar-refractivity contribution in [2.45, 2.75) is 11.4 Å². The molecule has 160 valence electrons. The standard InChI is InChI=1S/C21H18ClN3O5S/c1-31(29,30)16-6-4-5-14(11-16)21(28)24-18-9-8-15(12-17(18)22)23-19(26)13-25-10-3-2-7-20(25)27/h2-12H,13H2,1H3,(H,23,26)(H,24,28). The maximum absolute atomic E-state index is 12.5. The first kappa shape index (κ1) is 22.3. The molecule has 0 fully saturated rings. The molecular formula is C21H18ClN3O5S. The van der Waals surface area contributed by atoms with Crippen LogP contribution in [-0.2, 0) is 21.2 Å². The molecule has 0 aliphatic heterocycles. The monoisotopic (exact) mass is 459 g/mol. The number of aromatic nitrogens is 1. The van der Waals surface area contributed by atoms with Gasteiger partial charge in [0.05, 0.1) is 15.6 Å². The maximum atomic E-state index is 12.5. The number of anilines is 2. The summed E-state index contributed by atoms with van der Waals surface area (Å²) in [5.41, 5.74) is 0.531. The topological polar surface area (TPSA) is 114 Å². The van der Waals surface area contributed by atoms with Crippen LogP contribution in [-0.4, -0.2) is 31.1 Å². The summed E-state index contributed by atoms with van der Waals surface area (Å²) in [6, 6.07) is 14.7. The van der Waals surface area contributed by atoms with Crippen LogP contribution in [0.2, 0.25) is 5.02 Å². The number of pyridine rings is 1. The molecule has 2 aromatic carbocycles. The molecule has 0 aliphatic carbocycles. The van der Waals surface area contributed by atoms with Crippen LogP contribution in [0.3, 0.4) is 0 Å². The molecule has 0 saturated heterocycles. The van der Waals surface area contributed by atoms with Gasteiger partial charge in [-0.25, -0.2) is 8.42 Å². The van der Waals surface area contributed by atoms with Crippen LogP contribution in [0.25, 0.3) is 0 Å². The van der Waals surface area contributed by atoms with E-state index >= 15 is 0 Å². The van der Waals surface area contributed by atoms with Crippen LogP contribution >= 0.6 is 11.6 Å². The van der Waals surface area contributed by atoms with Crippen molar-refractivity contribution in [2.75, 3.05) is 16.9 Å². The minimum absolute atomic E-state index is 0.0295. The predicted octanol–water partition coefficient (Wildman–Crippen LogP) is 2.80. The highest BCUT2D eigenvalue weighted by Crippen LogP contribution is 2.26. The summed E-state index contributed by atoms with van der Waals surface area (Å²) in [6.45, 7) is -0.160. The van der Waals surface area contributed by atoms with Gasteiger partial charge >= 0.3 is 0 Å². The van der Waals surface area contributed by atoms with Gasteiger partial charge in [0.2, 0.25) is 5.91 Å². The highest BCUT2D eigenvalue weighted by Gasteiger charge is 2.14. The molecule has 0 bridgehead atoms. The summed E-state index contributed by atoms with van der Waals surface area (Å²) in [6.07, 6.45) is 2.56. The molecular weight excluding hydrogens is 442 g/mol. The number of sulfone groups is 1. The molecule has 0 saturated carbocycles. The molecule has 0 aliphatic rings. The lowest BCUT2D eigenvalue weighted by Crippen LogP contribution is -2.26. The number of benzene rings is 2. The Morgan fingerprint density at radius 2 is 1.77 bits per heavy atom. The smallest absolute Gasteiger partial charge is 0.255 e. The maximum Gasteiger partial charge on any atom is 0.255 e. The average molecular weight is 460 g/mol. The molecule has 0 atom stereocenters. The Morgan fingerprint density at radius 3 is 2.45 bits per heavy atom. The molecule has 3 aromatic rings. The zero-order valence-corrected chi connectivity index (χ0v) is 17.9. The molecule has 0 spiro atoms. The highest BCUT2D eigenvalue weighted by atomic mass is 35.5. The van der Waals surface area contributed by atoms with Gasteiger partial charge in [-0.3, -0.25) is 14.4 Å². The van der Waals surface area contributed by atoms with E-state index in [-0.39, 0.29) is 33.3 Å². The molecule has 8 nitrogen and oxygen atoms in total. The van der Waals surface area contributed by atoms with E-state index in [1.165, 1.54) is 53.2 Å². The summed E-state index contributed by atoms with van der Waals surface area (Å²) in [4.78, 5) is 36.4. The number of halogens is 1. The summed E-state index contributed by atoms with van der Waals surface area (Å²) < 4.78 is 24.6. The number of rotatable bonds is 6. The molecule has 10 heteroatoms. The van der Waals surface area contributed by atoms with Gasteiger partial charge in [-0.05, 0) is 42.5 Å². The Morgan fingerprint density at radius 1 is 1.00 bits per heavy atom. The van der Waals surface area contributed by atoms with Gasteiger partial charge in [-0.1, -0.05) is 23.7 Å². The van der Waals surface area contributed by atoms with E-state index in [9.17, 15) is 22.8 Å². The Labute approximate surface area is 183 Å². The predicted molar refractivity (Wildman–Crippen MR) is 118 cm³/mol. The Hall–Kier alpha value is -3.43. The van der Waals surface area contributed by atoms with Crippen molar-refractivity contribution in [1.82, 2.24) is 4.57 Å². The lowest BCUT2D eigenvalue weighted by Gasteiger charge is -2.11. The number of hydrogen-bond acceptors (Lipinski definition) is 5. The van der Waals surface area contributed by atoms with Crippen molar-refractivity contribution >= 4 is 44.6 Å². The normalized spacial score (nSPS) is 11.0. The van der Waals surface area contributed by atoms with E-state index in [1.54, 1.807) is 18.2 Å². The minimum Gasteiger partial charge on any atom is -0.324 e. The fourth-order valence-corrected chi connectivity index (χ4v) is 3.60. The third-order valence-electron chi connectivity index (χ3n) is 4.24. The number of hydrogen-bond donors (Lipinski definition) is 2. The SMILES string of the molecule is CS(=O)(=O)c1cccc(C(=O)Nc2ccc(NC(=O)Cn3ccccc3=O)cc2Cl)c1. The van der Waals surface area contributed by atoms with Gasteiger partial charge in [0.15, 0.2) is 9.84 Å². The number of carbonyl (C=O) groups excluding carboxylic acids is 2. The fourth-order valence-electron chi connectivity index (χ4n) is 2.70. The van der Waals surface area contributed by atoms with Crippen LogP contribution < -0.4 is 16.2 Å². The van der Waals surface area contributed by atoms with Gasteiger partial charge in [0.25, 0.3) is 11.5 Å². The highest BCUT2D eigenvalue weighted by molar-refractivity contribution is 7.90. The Bertz CT molecular complexity index is 1320. The summed E-state index contributed by atoms with van der Waals surface area (Å²) >= 11 is 6.22. The quantitative estimate of drug-likeness (QED) is 0.588. The van der Waals surface area contributed by atoms with Crippen LogP contribution in [0.4, 0.5) is 11.4 Å². The van der Waals surface area contributed by atoms with Gasteiger partial charge in [-0.2, -0.15) is 0 Å². The minimum atomic E-state index is -3.45. The van der Waals surface area contributed by atoms with E-state index in [2.05, 4.69) is 10.6 Å². The summed E-state index contributed by atoms with van der Waals surface area (Å²) in [5, 5.41) is 5.41. The molecule has 2 N–H and O–H groups in total. The van der Waals surface area contributed by atoms with E-state index in [0.717, 1.165) is 6.26 Å². The van der Waals surface area contributed by atoms with Gasteiger partial charge in [-0.15, -0.1) is 0 Å². The first-order chi connectivity index (χ1) is 14.6. The zero-order valence-electron chi connectivity index (χ0n) is 16.3. The lowest BCUT2D eigenvalue weighted by molar-refractivity contribution is -0.116. The molecule has 2 amide bonds. The molecule has 1 heterocycles. The summed E-state index contributed by atoms with van der Waals surface area (Å²) in [7, 11) is -3.45. The van der Waals surface area contributed by atoms with E-state index in [1.807, 2.05) is 0 Å². The zero-order chi connectivity index (χ0) is 22.6. The van der Waals surface area contributed by atoms with Crippen LogP contribution in [0.5, 0.6) is 0 Å². The Balaban J connectivity index is 1.69. The van der Waals surface area contributed by atoms with E-state index in [4.69, 9.17) is 11.6 Å². The van der Waals surface area contributed by atoms with Crippen LogP contribution in [0, 0.1) is 0 Å². The molecule has 0 unspecified atom stereocenters. The van der Waals surface area contributed by atoms with Gasteiger partial charge in [0.1, 0.15) is 6.54 Å². The molecule has 3 rings (SSSR count). The Kier molecular flexibility index (Phi) is 6.57. The number of nitrogens with one attached hydrogen (secondary N) is 2. The average Bonchev–Trinajstić information content (AvgIpc) is 2.71. The van der Waals surface area contributed by atoms with Gasteiger partial charge in [0, 0.05) is 29.8 Å². The largest absolute Gasteiger partial charge is 0.324 e. The molecule has 1 aromatic heterocycles. The van der Waals surface area contributed by atoms with Crippen molar-refractivity contribution < 1.29 is 18.0 Å². The lowest BCUT2D eigenvalue weighted by atomic mass is 10.2. The van der Waals surface area contributed by atoms with E-state index < -0.39 is 21.7 Å². The second-order valence-electron chi connectivity index (χ2n) is 6.66. The van der Waals surface area contributed by atoms with Crippen LogP contribution in [0.15, 0.2) is 76.6 Å². The first-order valence-electron chi connectivity index (χ1n) is 9.00.